The van der Waals surface area contributed by atoms with Crippen LogP contribution in [0.5, 0.6) is 0 Å². The Kier molecular flexibility index (Phi) is 3.59. The summed E-state index contributed by atoms with van der Waals surface area (Å²) in [5.41, 5.74) is 1.51. The third kappa shape index (κ3) is 2.58. The molecule has 2 aliphatic rings. The Balaban J connectivity index is 1.57. The lowest BCUT2D eigenvalue weighted by molar-refractivity contribution is -0.127. The van der Waals surface area contributed by atoms with E-state index in [1.165, 1.54) is 0 Å². The predicted molar refractivity (Wildman–Crippen MR) is 86.3 cm³/mol. The summed E-state index contributed by atoms with van der Waals surface area (Å²) in [6, 6.07) is 5.00. The number of rotatable bonds is 4. The van der Waals surface area contributed by atoms with Gasteiger partial charge in [-0.05, 0) is 30.5 Å². The van der Waals surface area contributed by atoms with E-state index in [1.807, 2.05) is 12.1 Å². The molecule has 0 aromatic carbocycles. The van der Waals surface area contributed by atoms with Gasteiger partial charge >= 0.3 is 0 Å². The van der Waals surface area contributed by atoms with Crippen molar-refractivity contribution < 1.29 is 14.0 Å². The van der Waals surface area contributed by atoms with E-state index < -0.39 is 0 Å². The fraction of sp³-hybridized carbons (Fsp3) is 0.389. The van der Waals surface area contributed by atoms with Gasteiger partial charge in [0, 0.05) is 31.8 Å². The topological polar surface area (TPSA) is 75.4 Å². The van der Waals surface area contributed by atoms with Crippen LogP contribution in [0.3, 0.4) is 0 Å². The van der Waals surface area contributed by atoms with Gasteiger partial charge in [0.05, 0.1) is 23.9 Å². The Bertz CT molecular complexity index is 767. The molecule has 4 rings (SSSR count). The van der Waals surface area contributed by atoms with E-state index >= 15 is 0 Å². The molecule has 2 amide bonds. The molecule has 2 aromatic rings. The van der Waals surface area contributed by atoms with Crippen LogP contribution in [0.25, 0.3) is 0 Å². The van der Waals surface area contributed by atoms with Gasteiger partial charge in [-0.2, -0.15) is 0 Å². The van der Waals surface area contributed by atoms with Gasteiger partial charge in [0.25, 0.3) is 5.91 Å². The summed E-state index contributed by atoms with van der Waals surface area (Å²) in [6.45, 7) is 0. The van der Waals surface area contributed by atoms with Crippen LogP contribution < -0.4 is 5.32 Å². The molecule has 2 fully saturated rings. The number of amides is 2. The second-order valence-corrected chi connectivity index (χ2v) is 6.49. The van der Waals surface area contributed by atoms with E-state index in [9.17, 15) is 9.59 Å². The van der Waals surface area contributed by atoms with Gasteiger partial charge in [0.15, 0.2) is 0 Å². The zero-order chi connectivity index (χ0) is 16.7. The lowest BCUT2D eigenvalue weighted by Gasteiger charge is -2.25. The van der Waals surface area contributed by atoms with Crippen molar-refractivity contribution in [2.24, 2.45) is 0 Å². The summed E-state index contributed by atoms with van der Waals surface area (Å²) in [6.07, 6.45) is 7.42. The minimum absolute atomic E-state index is 0.0174. The van der Waals surface area contributed by atoms with Crippen LogP contribution in [-0.4, -0.2) is 34.8 Å². The molecular formula is C18H19N3O3. The highest BCUT2D eigenvalue weighted by Crippen LogP contribution is 2.42. The Morgan fingerprint density at radius 2 is 2.21 bits per heavy atom. The molecule has 1 aliphatic carbocycles. The van der Waals surface area contributed by atoms with Crippen molar-refractivity contribution in [1.82, 2.24) is 15.2 Å². The summed E-state index contributed by atoms with van der Waals surface area (Å²) >= 11 is 0. The van der Waals surface area contributed by atoms with Crippen LogP contribution >= 0.6 is 0 Å². The highest BCUT2D eigenvalue weighted by molar-refractivity contribution is 5.96. The molecule has 3 heterocycles. The average molecular weight is 325 g/mol. The second-order valence-electron chi connectivity index (χ2n) is 6.49. The molecule has 2 aromatic heterocycles. The first-order valence-corrected chi connectivity index (χ1v) is 8.19. The fourth-order valence-corrected chi connectivity index (χ4v) is 3.42. The highest BCUT2D eigenvalue weighted by atomic mass is 16.3. The molecule has 1 N–H and O–H groups in total. The third-order valence-corrected chi connectivity index (χ3v) is 4.82. The molecule has 124 valence electrons. The number of carbonyl (C=O) groups is 2. The lowest BCUT2D eigenvalue weighted by Crippen LogP contribution is -2.39. The van der Waals surface area contributed by atoms with Crippen LogP contribution in [0.4, 0.5) is 0 Å². The van der Waals surface area contributed by atoms with Gasteiger partial charge in [-0.3, -0.25) is 14.6 Å². The number of likely N-dealkylation sites (tertiary alicyclic amines) is 1. The lowest BCUT2D eigenvalue weighted by atomic mass is 10.0. The number of pyridine rings is 1. The Morgan fingerprint density at radius 3 is 2.92 bits per heavy atom. The van der Waals surface area contributed by atoms with Crippen molar-refractivity contribution in [2.75, 3.05) is 7.05 Å². The summed E-state index contributed by atoms with van der Waals surface area (Å²) in [5, 5.41) is 3.02. The van der Waals surface area contributed by atoms with E-state index in [1.54, 1.807) is 36.7 Å². The van der Waals surface area contributed by atoms with Crippen LogP contribution in [0.15, 0.2) is 41.3 Å². The monoisotopic (exact) mass is 325 g/mol. The number of nitrogens with one attached hydrogen (secondary N) is 1. The maximum absolute atomic E-state index is 12.7. The number of likely N-dealkylation sites (N-methyl/N-ethyl adjacent to an activating group) is 1. The minimum atomic E-state index is -0.277. The Labute approximate surface area is 139 Å². The summed E-state index contributed by atoms with van der Waals surface area (Å²) in [5.74, 6) is 0.974. The van der Waals surface area contributed by atoms with Gasteiger partial charge in [-0.1, -0.05) is 6.07 Å². The molecule has 0 bridgehead atoms. The average Bonchev–Trinajstić information content (AvgIpc) is 3.24. The molecule has 2 atom stereocenters. The minimum Gasteiger partial charge on any atom is -0.468 e. The zero-order valence-corrected chi connectivity index (χ0v) is 13.4. The third-order valence-electron chi connectivity index (χ3n) is 4.82. The van der Waals surface area contributed by atoms with Gasteiger partial charge in [0.2, 0.25) is 5.91 Å². The van der Waals surface area contributed by atoms with Gasteiger partial charge in [-0.25, -0.2) is 0 Å². The van der Waals surface area contributed by atoms with E-state index in [4.69, 9.17) is 4.42 Å². The summed E-state index contributed by atoms with van der Waals surface area (Å²) in [4.78, 5) is 30.7. The molecule has 1 saturated heterocycles. The first kappa shape index (κ1) is 14.9. The molecule has 0 spiro atoms. The number of nitrogens with zero attached hydrogens (tertiary/aromatic N) is 2. The molecule has 1 aliphatic heterocycles. The number of hydrogen-bond acceptors (Lipinski definition) is 4. The summed E-state index contributed by atoms with van der Waals surface area (Å²) in [7, 11) is 1.76. The van der Waals surface area contributed by atoms with E-state index in [2.05, 4.69) is 10.3 Å². The number of aromatic nitrogens is 1. The Hall–Kier alpha value is -2.63. The van der Waals surface area contributed by atoms with Crippen molar-refractivity contribution >= 4 is 11.8 Å². The smallest absolute Gasteiger partial charge is 0.255 e. The van der Waals surface area contributed by atoms with Crippen LogP contribution in [0.2, 0.25) is 0 Å². The molecule has 24 heavy (non-hydrogen) atoms. The molecular weight excluding hydrogens is 306 g/mol. The van der Waals surface area contributed by atoms with Crippen LogP contribution in [0, 0.1) is 0 Å². The summed E-state index contributed by atoms with van der Waals surface area (Å²) < 4.78 is 5.48. The molecule has 1 saturated carbocycles. The molecule has 0 radical (unpaired) electrons. The van der Waals surface area contributed by atoms with Crippen molar-refractivity contribution in [1.29, 1.82) is 0 Å². The maximum atomic E-state index is 12.7. The highest BCUT2D eigenvalue weighted by Gasteiger charge is 2.40. The van der Waals surface area contributed by atoms with Crippen molar-refractivity contribution in [3.8, 4) is 0 Å². The second kappa shape index (κ2) is 5.78. The van der Waals surface area contributed by atoms with E-state index in [-0.39, 0.29) is 23.9 Å². The quantitative estimate of drug-likeness (QED) is 0.935. The van der Waals surface area contributed by atoms with Gasteiger partial charge in [0.1, 0.15) is 5.76 Å². The van der Waals surface area contributed by atoms with Crippen molar-refractivity contribution in [3.63, 3.8) is 0 Å². The number of hydrogen-bond donors (Lipinski definition) is 1. The van der Waals surface area contributed by atoms with Crippen molar-refractivity contribution in [3.05, 3.63) is 53.7 Å². The first-order valence-electron chi connectivity index (χ1n) is 8.19. The SMILES string of the molecule is CN1C(=O)C[C@@H](NC(=O)c2ccoc2C2CC2)[C@@H]1c1cccnc1. The van der Waals surface area contributed by atoms with Crippen LogP contribution in [0.1, 0.15) is 52.9 Å². The first-order chi connectivity index (χ1) is 11.6. The Morgan fingerprint density at radius 1 is 1.38 bits per heavy atom. The molecule has 6 heteroatoms. The molecule has 0 unspecified atom stereocenters. The largest absolute Gasteiger partial charge is 0.468 e. The van der Waals surface area contributed by atoms with Crippen LogP contribution in [-0.2, 0) is 4.79 Å². The maximum Gasteiger partial charge on any atom is 0.255 e. The fourth-order valence-electron chi connectivity index (χ4n) is 3.42. The van der Waals surface area contributed by atoms with E-state index in [0.717, 1.165) is 24.2 Å². The predicted octanol–water partition coefficient (Wildman–Crippen LogP) is 2.25. The van der Waals surface area contributed by atoms with Gasteiger partial charge < -0.3 is 14.6 Å². The number of furan rings is 1. The standard InChI is InChI=1S/C18H19N3O3/c1-21-15(22)9-14(16(21)12-3-2-7-19-10-12)20-18(23)13-6-8-24-17(13)11-4-5-11/h2-3,6-8,10-11,14,16H,4-5,9H2,1H3,(H,20,23)/t14-,16+/m1/s1. The molecule has 6 nitrogen and oxygen atoms in total. The van der Waals surface area contributed by atoms with E-state index in [0.29, 0.717) is 17.9 Å². The normalized spacial score (nSPS) is 23.5. The number of carbonyl (C=O) groups excluding carboxylic acids is 2. The van der Waals surface area contributed by atoms with Crippen molar-refractivity contribution in [2.45, 2.75) is 37.3 Å². The van der Waals surface area contributed by atoms with Gasteiger partial charge in [-0.15, -0.1) is 0 Å². The zero-order valence-electron chi connectivity index (χ0n) is 13.4.